The zero-order valence-corrected chi connectivity index (χ0v) is 21.1. The van der Waals surface area contributed by atoms with Gasteiger partial charge in [-0.25, -0.2) is 9.78 Å². The molecule has 3 amide bonds. The Bertz CT molecular complexity index is 1180. The van der Waals surface area contributed by atoms with Crippen LogP contribution >= 0.6 is 0 Å². The Kier molecular flexibility index (Phi) is 11.1. The molecular weight excluding hydrogens is 490 g/mol. The van der Waals surface area contributed by atoms with Crippen molar-refractivity contribution in [3.63, 3.8) is 0 Å². The van der Waals surface area contributed by atoms with Gasteiger partial charge in [0.15, 0.2) is 5.82 Å². The molecule has 11 heteroatoms. The highest BCUT2D eigenvalue weighted by atomic mass is 16.5. The largest absolute Gasteiger partial charge is 0.481 e. The first-order chi connectivity index (χ1) is 18.4. The summed E-state index contributed by atoms with van der Waals surface area (Å²) in [5.41, 5.74) is 2.21. The number of H-pyrrole nitrogens is 1. The van der Waals surface area contributed by atoms with Gasteiger partial charge in [-0.05, 0) is 43.4 Å². The molecule has 3 aromatic rings. The van der Waals surface area contributed by atoms with Crippen LogP contribution in [0.2, 0.25) is 0 Å². The number of para-hydroxylation sites is 2. The first kappa shape index (κ1) is 28.2. The lowest BCUT2D eigenvalue weighted by Crippen LogP contribution is -2.47. The fourth-order valence-electron chi connectivity index (χ4n) is 3.74. The van der Waals surface area contributed by atoms with Crippen LogP contribution in [-0.4, -0.2) is 58.1 Å². The number of imidazole rings is 1. The molecule has 38 heavy (non-hydrogen) atoms. The molecule has 1 aromatic heterocycles. The molecule has 2 aromatic carbocycles. The topological polar surface area (TPSA) is 163 Å². The van der Waals surface area contributed by atoms with E-state index in [1.807, 2.05) is 42.5 Å². The van der Waals surface area contributed by atoms with Crippen LogP contribution < -0.4 is 16.0 Å². The second-order valence-corrected chi connectivity index (χ2v) is 8.75. The summed E-state index contributed by atoms with van der Waals surface area (Å²) < 4.78 is 5.19. The van der Waals surface area contributed by atoms with Crippen LogP contribution in [0.25, 0.3) is 11.0 Å². The number of amides is 3. The molecule has 0 spiro atoms. The van der Waals surface area contributed by atoms with Gasteiger partial charge in [-0.2, -0.15) is 0 Å². The second kappa shape index (κ2) is 15.0. The van der Waals surface area contributed by atoms with E-state index in [0.717, 1.165) is 5.56 Å². The number of alkyl carbamates (subject to hydrolysis) is 1. The van der Waals surface area contributed by atoms with E-state index in [2.05, 4.69) is 25.9 Å². The number of carboxylic acid groups (broad SMARTS) is 1. The summed E-state index contributed by atoms with van der Waals surface area (Å²) in [6.07, 6.45) is 2.03. The van der Waals surface area contributed by atoms with Crippen molar-refractivity contribution in [2.75, 3.05) is 13.1 Å². The van der Waals surface area contributed by atoms with Crippen molar-refractivity contribution in [3.05, 3.63) is 66.0 Å². The van der Waals surface area contributed by atoms with Crippen LogP contribution in [0.4, 0.5) is 4.79 Å². The number of unbranched alkanes of at least 4 members (excludes halogenated alkanes) is 2. The molecule has 1 atom stereocenters. The van der Waals surface area contributed by atoms with Gasteiger partial charge in [0.05, 0.1) is 11.0 Å². The Morgan fingerprint density at radius 2 is 1.63 bits per heavy atom. The minimum atomic E-state index is -0.850. The number of fused-ring (bicyclic) bond motifs is 1. The summed E-state index contributed by atoms with van der Waals surface area (Å²) in [5.74, 6) is -1.63. The van der Waals surface area contributed by atoms with E-state index in [-0.39, 0.29) is 37.7 Å². The average molecular weight is 524 g/mol. The number of carbonyl (C=O) groups excluding carboxylic acids is 3. The minimum absolute atomic E-state index is 0.0882. The smallest absolute Gasteiger partial charge is 0.407 e. The number of aromatic amines is 1. The van der Waals surface area contributed by atoms with Crippen molar-refractivity contribution in [2.24, 2.45) is 0 Å². The number of hydrogen-bond acceptors (Lipinski definition) is 6. The fraction of sp³-hybridized carbons (Fsp3) is 0.370. The number of rotatable bonds is 15. The Balaban J connectivity index is 1.48. The Morgan fingerprint density at radius 3 is 2.39 bits per heavy atom. The van der Waals surface area contributed by atoms with Crippen molar-refractivity contribution >= 4 is 34.9 Å². The second-order valence-electron chi connectivity index (χ2n) is 8.75. The quantitative estimate of drug-likeness (QED) is 0.191. The number of benzene rings is 2. The van der Waals surface area contributed by atoms with Gasteiger partial charge >= 0.3 is 12.1 Å². The number of nitrogens with one attached hydrogen (secondary N) is 4. The molecule has 0 fully saturated rings. The molecule has 0 aliphatic heterocycles. The zero-order chi connectivity index (χ0) is 27.2. The third-order valence-corrected chi connectivity index (χ3v) is 5.74. The lowest BCUT2D eigenvalue weighted by atomic mass is 10.1. The third-order valence-electron chi connectivity index (χ3n) is 5.74. The molecule has 11 nitrogen and oxygen atoms in total. The molecule has 0 aliphatic carbocycles. The van der Waals surface area contributed by atoms with Gasteiger partial charge in [0, 0.05) is 19.5 Å². The normalized spacial score (nSPS) is 11.5. The van der Waals surface area contributed by atoms with E-state index in [1.165, 1.54) is 0 Å². The van der Waals surface area contributed by atoms with Crippen LogP contribution in [0.1, 0.15) is 54.7 Å². The van der Waals surface area contributed by atoms with Gasteiger partial charge in [0.1, 0.15) is 12.6 Å². The molecular formula is C27H33N5O6. The molecule has 5 N–H and O–H groups in total. The van der Waals surface area contributed by atoms with Crippen LogP contribution in [0.15, 0.2) is 54.6 Å². The van der Waals surface area contributed by atoms with Crippen LogP contribution in [-0.2, 0) is 20.9 Å². The summed E-state index contributed by atoms with van der Waals surface area (Å²) in [7, 11) is 0. The number of nitrogens with zero attached hydrogens (tertiary/aromatic N) is 1. The van der Waals surface area contributed by atoms with Crippen LogP contribution in [0, 0.1) is 0 Å². The minimum Gasteiger partial charge on any atom is -0.481 e. The first-order valence-corrected chi connectivity index (χ1v) is 12.6. The highest BCUT2D eigenvalue weighted by molar-refractivity contribution is 5.97. The number of ether oxygens (including phenoxy) is 1. The maximum absolute atomic E-state index is 12.8. The lowest BCUT2D eigenvalue weighted by molar-refractivity contribution is -0.137. The van der Waals surface area contributed by atoms with Crippen LogP contribution in [0.3, 0.4) is 0 Å². The van der Waals surface area contributed by atoms with Crippen molar-refractivity contribution in [2.45, 2.75) is 51.2 Å². The van der Waals surface area contributed by atoms with Gasteiger partial charge in [-0.3, -0.25) is 14.4 Å². The van der Waals surface area contributed by atoms with Crippen molar-refractivity contribution < 1.29 is 29.0 Å². The molecule has 0 aliphatic rings. The van der Waals surface area contributed by atoms with E-state index >= 15 is 0 Å². The molecule has 1 heterocycles. The van der Waals surface area contributed by atoms with Gasteiger partial charge in [0.2, 0.25) is 5.91 Å². The summed E-state index contributed by atoms with van der Waals surface area (Å²) in [4.78, 5) is 55.5. The van der Waals surface area contributed by atoms with Gasteiger partial charge in [-0.15, -0.1) is 0 Å². The lowest BCUT2D eigenvalue weighted by Gasteiger charge is -2.18. The molecule has 0 unspecified atom stereocenters. The third kappa shape index (κ3) is 9.57. The maximum atomic E-state index is 12.8. The summed E-state index contributed by atoms with van der Waals surface area (Å²) in [6.45, 7) is 0.768. The zero-order valence-electron chi connectivity index (χ0n) is 21.1. The standard InChI is InChI=1S/C27H33N5O6/c33-23(34)15-5-2-8-16-28-25(35)22(32-26(36)24-30-20-12-6-7-13-21(20)31-24)14-9-17-29-27(37)38-18-19-10-3-1-4-11-19/h1,3-4,6-7,10-13,22H,2,5,8-9,14-18H2,(H,28,35)(H,29,37)(H,30,31)(H,32,36)(H,33,34)/t22-/m0/s1. The Morgan fingerprint density at radius 1 is 0.895 bits per heavy atom. The van der Waals surface area contributed by atoms with Gasteiger partial charge < -0.3 is 30.8 Å². The summed E-state index contributed by atoms with van der Waals surface area (Å²) in [6, 6.07) is 15.7. The predicted octanol–water partition coefficient (Wildman–Crippen LogP) is 3.13. The first-order valence-electron chi connectivity index (χ1n) is 12.6. The van der Waals surface area contributed by atoms with Crippen LogP contribution in [0.5, 0.6) is 0 Å². The van der Waals surface area contributed by atoms with Crippen molar-refractivity contribution in [3.8, 4) is 0 Å². The van der Waals surface area contributed by atoms with Crippen molar-refractivity contribution in [1.82, 2.24) is 25.9 Å². The van der Waals surface area contributed by atoms with E-state index in [9.17, 15) is 19.2 Å². The fourth-order valence-corrected chi connectivity index (χ4v) is 3.74. The van der Waals surface area contributed by atoms with E-state index in [4.69, 9.17) is 9.84 Å². The molecule has 0 radical (unpaired) electrons. The molecule has 0 bridgehead atoms. The highest BCUT2D eigenvalue weighted by Gasteiger charge is 2.22. The van der Waals surface area contributed by atoms with Gasteiger partial charge in [-0.1, -0.05) is 48.9 Å². The monoisotopic (exact) mass is 523 g/mol. The van der Waals surface area contributed by atoms with Crippen molar-refractivity contribution in [1.29, 1.82) is 0 Å². The molecule has 0 saturated heterocycles. The van der Waals surface area contributed by atoms with E-state index in [0.29, 0.717) is 43.3 Å². The molecule has 202 valence electrons. The summed E-state index contributed by atoms with van der Waals surface area (Å²) in [5, 5.41) is 16.9. The van der Waals surface area contributed by atoms with E-state index < -0.39 is 24.0 Å². The number of carboxylic acids is 1. The van der Waals surface area contributed by atoms with Gasteiger partial charge in [0.25, 0.3) is 5.91 Å². The average Bonchev–Trinajstić information content (AvgIpc) is 3.36. The predicted molar refractivity (Wildman–Crippen MR) is 140 cm³/mol. The molecule has 3 rings (SSSR count). The Hall–Kier alpha value is -4.41. The number of carbonyl (C=O) groups is 4. The summed E-state index contributed by atoms with van der Waals surface area (Å²) >= 11 is 0. The molecule has 0 saturated carbocycles. The highest BCUT2D eigenvalue weighted by Crippen LogP contribution is 2.11. The number of aromatic nitrogens is 2. The Labute approximate surface area is 220 Å². The van der Waals surface area contributed by atoms with E-state index in [1.54, 1.807) is 12.1 Å². The SMILES string of the molecule is O=C(O)CCCCCNC(=O)[C@H](CCCNC(=O)OCc1ccccc1)NC(=O)c1nc2ccccc2[nH]1. The maximum Gasteiger partial charge on any atom is 0.407 e. The number of hydrogen-bond donors (Lipinski definition) is 5. The number of aliphatic carboxylic acids is 1.